The van der Waals surface area contributed by atoms with Gasteiger partial charge in [0.25, 0.3) is 0 Å². The summed E-state index contributed by atoms with van der Waals surface area (Å²) in [5.74, 6) is -0.595. The van der Waals surface area contributed by atoms with Gasteiger partial charge >= 0.3 is 11.9 Å². The number of hydrogen-bond acceptors (Lipinski definition) is 4. The number of carbonyl (C=O) groups is 2. The van der Waals surface area contributed by atoms with Gasteiger partial charge in [0.15, 0.2) is 0 Å². The van der Waals surface area contributed by atoms with Gasteiger partial charge in [-0.3, -0.25) is 9.59 Å². The third-order valence-electron chi connectivity index (χ3n) is 1.22. The number of carbonyl (C=O) groups excluding carboxylic acids is 2. The Morgan fingerprint density at radius 3 is 1.64 bits per heavy atom. The van der Waals surface area contributed by atoms with E-state index in [0.717, 1.165) is 0 Å². The largest absolute Gasteiger partial charge is 0.469 e. The second kappa shape index (κ2) is 5.70. The van der Waals surface area contributed by atoms with Crippen LogP contribution in [0.4, 0.5) is 0 Å². The molecule has 0 saturated carbocycles. The van der Waals surface area contributed by atoms with Gasteiger partial charge in [-0.15, -0.1) is 0 Å². The van der Waals surface area contributed by atoms with Crippen LogP contribution in [-0.2, 0) is 19.1 Å². The highest BCUT2D eigenvalue weighted by molar-refractivity contribution is 5.72. The number of ether oxygens (including phenoxy) is 2. The van der Waals surface area contributed by atoms with Crippen LogP contribution < -0.4 is 0 Å². The molecule has 64 valence electrons. The van der Waals surface area contributed by atoms with Crippen LogP contribution in [0.2, 0.25) is 0 Å². The van der Waals surface area contributed by atoms with E-state index in [-0.39, 0.29) is 24.8 Å². The van der Waals surface area contributed by atoms with Gasteiger partial charge in [-0.25, -0.2) is 0 Å². The molecule has 0 aromatic heterocycles. The molecule has 0 aliphatic heterocycles. The third kappa shape index (κ3) is 5.39. The van der Waals surface area contributed by atoms with Gasteiger partial charge in [0, 0.05) is 12.8 Å². The van der Waals surface area contributed by atoms with Crippen molar-refractivity contribution in [2.75, 3.05) is 14.2 Å². The van der Waals surface area contributed by atoms with Crippen molar-refractivity contribution >= 4 is 11.9 Å². The maximum absolute atomic E-state index is 10.5. The molecule has 0 amide bonds. The second-order valence-electron chi connectivity index (χ2n) is 2.01. The molecule has 0 rings (SSSR count). The van der Waals surface area contributed by atoms with Gasteiger partial charge in [-0.1, -0.05) is 0 Å². The summed E-state index contributed by atoms with van der Waals surface area (Å²) in [6.07, 6.45) is 1.02. The molecule has 0 aliphatic rings. The molecule has 0 aromatic carbocycles. The van der Waals surface area contributed by atoms with Gasteiger partial charge in [-0.05, 0) is 6.42 Å². The van der Waals surface area contributed by atoms with Gasteiger partial charge in [0.2, 0.25) is 0 Å². The minimum Gasteiger partial charge on any atom is -0.469 e. The summed E-state index contributed by atoms with van der Waals surface area (Å²) in [4.78, 5) is 21.0. The Morgan fingerprint density at radius 1 is 1.00 bits per heavy atom. The molecule has 4 heteroatoms. The predicted molar refractivity (Wildman–Crippen MR) is 37.9 cm³/mol. The van der Waals surface area contributed by atoms with Crippen LogP contribution in [-0.4, -0.2) is 26.2 Å². The normalized spacial score (nSPS) is 8.91. The summed E-state index contributed by atoms with van der Waals surface area (Å²) >= 11 is 0. The van der Waals surface area contributed by atoms with Gasteiger partial charge in [0.05, 0.1) is 14.2 Å². The average molecular weight is 161 g/mol. The Morgan fingerprint density at radius 2 is 1.36 bits per heavy atom. The lowest BCUT2D eigenvalue weighted by molar-refractivity contribution is -0.142. The van der Waals surface area contributed by atoms with Gasteiger partial charge in [0.1, 0.15) is 0 Å². The van der Waals surface area contributed by atoms with Crippen LogP contribution in [0.15, 0.2) is 0 Å². The maximum atomic E-state index is 10.5. The van der Waals surface area contributed by atoms with Crippen molar-refractivity contribution in [1.29, 1.82) is 0 Å². The fourth-order valence-electron chi connectivity index (χ4n) is 0.581. The molecule has 0 radical (unpaired) electrons. The van der Waals surface area contributed by atoms with Crippen LogP contribution in [0.5, 0.6) is 0 Å². The Labute approximate surface area is 65.5 Å². The Hall–Kier alpha value is -1.06. The first-order valence-corrected chi connectivity index (χ1v) is 3.34. The molecule has 0 unspecified atom stereocenters. The highest BCUT2D eigenvalue weighted by atomic mass is 16.5. The zero-order chi connectivity index (χ0) is 8.69. The van der Waals surface area contributed by atoms with Gasteiger partial charge < -0.3 is 9.47 Å². The lowest BCUT2D eigenvalue weighted by Gasteiger charge is -1.97. The van der Waals surface area contributed by atoms with Crippen molar-refractivity contribution in [3.05, 3.63) is 0 Å². The first kappa shape index (κ1) is 9.94. The predicted octanol–water partition coefficient (Wildman–Crippen LogP) is 0.503. The van der Waals surface area contributed by atoms with E-state index in [1.807, 2.05) is 0 Å². The zero-order valence-electron chi connectivity index (χ0n) is 6.75. The second-order valence-corrected chi connectivity index (χ2v) is 2.01. The van der Waals surface area contributed by atoms with Crippen molar-refractivity contribution in [1.82, 2.24) is 0 Å². The summed E-state index contributed by atoms with van der Waals surface area (Å²) in [7, 11) is 2.64. The molecule has 0 N–H and O–H groups in total. The number of hydrogen-bond donors (Lipinski definition) is 0. The fourth-order valence-corrected chi connectivity index (χ4v) is 0.581. The molecule has 0 saturated heterocycles. The van der Waals surface area contributed by atoms with Crippen LogP contribution in [0.25, 0.3) is 0 Å². The number of methoxy groups -OCH3 is 2. The molecule has 0 aliphatic carbocycles. The SMILES string of the molecule is COC(=O)C[13CH2]CC(=O)OC. The van der Waals surface area contributed by atoms with E-state index >= 15 is 0 Å². The van der Waals surface area contributed by atoms with Crippen LogP contribution in [0.3, 0.4) is 0 Å². The summed E-state index contributed by atoms with van der Waals surface area (Å²) < 4.78 is 8.75. The molecular formula is C7H12O4. The lowest BCUT2D eigenvalue weighted by Crippen LogP contribution is -2.04. The molecular weight excluding hydrogens is 149 g/mol. The van der Waals surface area contributed by atoms with Gasteiger partial charge in [-0.2, -0.15) is 0 Å². The average Bonchev–Trinajstić information content (AvgIpc) is 2.04. The van der Waals surface area contributed by atoms with E-state index in [9.17, 15) is 9.59 Å². The van der Waals surface area contributed by atoms with Crippen molar-refractivity contribution in [3.8, 4) is 0 Å². The van der Waals surface area contributed by atoms with E-state index in [2.05, 4.69) is 9.47 Å². The molecule has 0 bridgehead atoms. The van der Waals surface area contributed by atoms with Crippen LogP contribution in [0, 0.1) is 0 Å². The van der Waals surface area contributed by atoms with Crippen molar-refractivity contribution in [2.24, 2.45) is 0 Å². The molecule has 0 spiro atoms. The standard InChI is InChI=1S/C7H12O4/c1-10-6(8)4-3-5-7(9)11-2/h3-5H2,1-2H3/i3+1. The Balaban J connectivity index is 3.27. The summed E-state index contributed by atoms with van der Waals surface area (Å²) in [6.45, 7) is 0. The summed E-state index contributed by atoms with van der Waals surface area (Å²) in [5, 5.41) is 0. The number of esters is 2. The maximum Gasteiger partial charge on any atom is 0.305 e. The third-order valence-corrected chi connectivity index (χ3v) is 1.22. The van der Waals surface area contributed by atoms with Crippen LogP contribution >= 0.6 is 0 Å². The first-order chi connectivity index (χ1) is 5.20. The minimum absolute atomic E-state index is 0.269. The summed E-state index contributed by atoms with van der Waals surface area (Å²) in [6, 6.07) is 0. The molecule has 0 fully saturated rings. The highest BCUT2D eigenvalue weighted by Crippen LogP contribution is 1.97. The quantitative estimate of drug-likeness (QED) is 0.445. The topological polar surface area (TPSA) is 52.6 Å². The van der Waals surface area contributed by atoms with Crippen molar-refractivity contribution < 1.29 is 19.1 Å². The van der Waals surface area contributed by atoms with E-state index in [4.69, 9.17) is 0 Å². The van der Waals surface area contributed by atoms with Crippen LogP contribution in [0.1, 0.15) is 19.3 Å². The highest BCUT2D eigenvalue weighted by Gasteiger charge is 2.03. The number of rotatable bonds is 4. The van der Waals surface area contributed by atoms with Crippen molar-refractivity contribution in [2.45, 2.75) is 19.3 Å². The molecule has 0 atom stereocenters. The van der Waals surface area contributed by atoms with E-state index in [1.54, 1.807) is 0 Å². The smallest absolute Gasteiger partial charge is 0.305 e. The van der Waals surface area contributed by atoms with E-state index in [0.29, 0.717) is 6.42 Å². The van der Waals surface area contributed by atoms with E-state index in [1.165, 1.54) is 14.2 Å². The van der Waals surface area contributed by atoms with Crippen molar-refractivity contribution in [3.63, 3.8) is 0 Å². The summed E-state index contributed by atoms with van der Waals surface area (Å²) in [5.41, 5.74) is 0. The molecule has 4 nitrogen and oxygen atoms in total. The Bertz CT molecular complexity index is 125. The zero-order valence-corrected chi connectivity index (χ0v) is 6.75. The molecule has 0 aromatic rings. The molecule has 0 heterocycles. The minimum atomic E-state index is -0.297. The molecule has 11 heavy (non-hydrogen) atoms. The van der Waals surface area contributed by atoms with E-state index < -0.39 is 0 Å². The Kier molecular flexibility index (Phi) is 5.15. The monoisotopic (exact) mass is 161 g/mol. The first-order valence-electron chi connectivity index (χ1n) is 3.34. The lowest BCUT2D eigenvalue weighted by atomic mass is 10.4. The fraction of sp³-hybridized carbons (Fsp3) is 0.714.